The Bertz CT molecular complexity index is 479. The number of rotatable bonds is 2. The zero-order chi connectivity index (χ0) is 10.8. The van der Waals surface area contributed by atoms with Crippen LogP contribution in [0.5, 0.6) is 0 Å². The molecule has 0 radical (unpaired) electrons. The quantitative estimate of drug-likeness (QED) is 0.888. The summed E-state index contributed by atoms with van der Waals surface area (Å²) >= 11 is 3.45. The minimum atomic E-state index is 0.299. The van der Waals surface area contributed by atoms with E-state index in [4.69, 9.17) is 5.73 Å². The van der Waals surface area contributed by atoms with E-state index >= 15 is 0 Å². The van der Waals surface area contributed by atoms with Gasteiger partial charge in [-0.25, -0.2) is 0 Å². The van der Waals surface area contributed by atoms with E-state index in [1.54, 1.807) is 0 Å². The lowest BCUT2D eigenvalue weighted by atomic mass is 10.2. The van der Waals surface area contributed by atoms with Crippen LogP contribution in [-0.2, 0) is 6.54 Å². The van der Waals surface area contributed by atoms with Crippen molar-refractivity contribution in [2.75, 3.05) is 0 Å². The molecule has 78 valence electrons. The van der Waals surface area contributed by atoms with Crippen LogP contribution in [0.15, 0.2) is 22.7 Å². The highest BCUT2D eigenvalue weighted by molar-refractivity contribution is 9.10. The van der Waals surface area contributed by atoms with E-state index in [9.17, 15) is 0 Å². The molecule has 0 aliphatic heterocycles. The maximum atomic E-state index is 5.41. The van der Waals surface area contributed by atoms with Gasteiger partial charge >= 0.3 is 0 Å². The summed E-state index contributed by atoms with van der Waals surface area (Å²) in [7, 11) is 0. The van der Waals surface area contributed by atoms with Gasteiger partial charge in [0, 0.05) is 4.47 Å². The summed E-state index contributed by atoms with van der Waals surface area (Å²) in [5.41, 5.74) is 7.43. The zero-order valence-corrected chi connectivity index (χ0v) is 9.77. The fourth-order valence-corrected chi connectivity index (χ4v) is 1.51. The minimum absolute atomic E-state index is 0.299. The molecule has 0 unspecified atom stereocenters. The number of tetrazole rings is 1. The first-order chi connectivity index (χ1) is 7.20. The Morgan fingerprint density at radius 2 is 2.27 bits per heavy atom. The second-order valence-corrected chi connectivity index (χ2v) is 3.99. The first kappa shape index (κ1) is 10.3. The van der Waals surface area contributed by atoms with Crippen LogP contribution in [0.25, 0.3) is 5.69 Å². The van der Waals surface area contributed by atoms with E-state index in [0.717, 1.165) is 15.7 Å². The smallest absolute Gasteiger partial charge is 0.188 e. The van der Waals surface area contributed by atoms with E-state index < -0.39 is 0 Å². The number of aryl methyl sites for hydroxylation is 1. The van der Waals surface area contributed by atoms with Gasteiger partial charge in [0.15, 0.2) is 5.82 Å². The minimum Gasteiger partial charge on any atom is -0.324 e. The van der Waals surface area contributed by atoms with E-state index in [0.29, 0.717) is 12.4 Å². The molecule has 0 saturated carbocycles. The molecule has 0 amide bonds. The summed E-state index contributed by atoms with van der Waals surface area (Å²) in [5.74, 6) is 0.534. The Hall–Kier alpha value is -1.27. The molecule has 0 bridgehead atoms. The Kier molecular flexibility index (Phi) is 2.79. The molecule has 2 N–H and O–H groups in total. The van der Waals surface area contributed by atoms with Gasteiger partial charge in [-0.1, -0.05) is 22.0 Å². The van der Waals surface area contributed by atoms with Crippen LogP contribution in [-0.4, -0.2) is 20.2 Å². The van der Waals surface area contributed by atoms with E-state index in [2.05, 4.69) is 31.3 Å². The maximum absolute atomic E-state index is 5.41. The van der Waals surface area contributed by atoms with Crippen molar-refractivity contribution in [3.05, 3.63) is 34.1 Å². The van der Waals surface area contributed by atoms with Gasteiger partial charge in [0.2, 0.25) is 0 Å². The molecule has 0 saturated heterocycles. The summed E-state index contributed by atoms with van der Waals surface area (Å²) in [6, 6.07) is 5.87. The first-order valence-electron chi connectivity index (χ1n) is 4.46. The Morgan fingerprint density at radius 1 is 1.47 bits per heavy atom. The number of benzene rings is 1. The molecule has 0 spiro atoms. The van der Waals surface area contributed by atoms with Crippen molar-refractivity contribution in [2.45, 2.75) is 13.5 Å². The Labute approximate surface area is 95.4 Å². The third kappa shape index (κ3) is 2.05. The highest BCUT2D eigenvalue weighted by Gasteiger charge is 2.04. The Balaban J connectivity index is 2.40. The predicted molar refractivity (Wildman–Crippen MR) is 59.5 cm³/mol. The second-order valence-electron chi connectivity index (χ2n) is 3.13. The van der Waals surface area contributed by atoms with Crippen LogP contribution in [0.2, 0.25) is 0 Å². The highest BCUT2D eigenvalue weighted by Crippen LogP contribution is 2.18. The number of aromatic nitrogens is 4. The summed E-state index contributed by atoms with van der Waals surface area (Å²) in [6.45, 7) is 2.32. The third-order valence-electron chi connectivity index (χ3n) is 2.02. The fraction of sp³-hybridized carbons (Fsp3) is 0.222. The van der Waals surface area contributed by atoms with Crippen LogP contribution in [0.1, 0.15) is 11.4 Å². The summed E-state index contributed by atoms with van der Waals surface area (Å²) in [6.07, 6.45) is 0. The first-order valence-corrected chi connectivity index (χ1v) is 5.25. The summed E-state index contributed by atoms with van der Waals surface area (Å²) in [4.78, 5) is 1.46. The molecule has 2 aromatic rings. The van der Waals surface area contributed by atoms with Gasteiger partial charge in [0.05, 0.1) is 12.2 Å². The van der Waals surface area contributed by atoms with Crippen LogP contribution in [0.4, 0.5) is 0 Å². The van der Waals surface area contributed by atoms with Crippen molar-refractivity contribution >= 4 is 15.9 Å². The van der Waals surface area contributed by atoms with Crippen LogP contribution < -0.4 is 5.73 Å². The highest BCUT2D eigenvalue weighted by atomic mass is 79.9. The number of halogens is 1. The van der Waals surface area contributed by atoms with Gasteiger partial charge in [0.1, 0.15) is 0 Å². The number of nitrogens with zero attached hydrogens (tertiary/aromatic N) is 4. The molecule has 0 aliphatic carbocycles. The molecular weight excluding hydrogens is 258 g/mol. The number of nitrogens with two attached hydrogens (primary N) is 1. The summed E-state index contributed by atoms with van der Waals surface area (Å²) < 4.78 is 1.02. The zero-order valence-electron chi connectivity index (χ0n) is 8.18. The number of hydrogen-bond donors (Lipinski definition) is 1. The van der Waals surface area contributed by atoms with E-state index in [-0.39, 0.29) is 0 Å². The molecule has 6 heteroatoms. The summed E-state index contributed by atoms with van der Waals surface area (Å²) in [5, 5.41) is 11.8. The van der Waals surface area contributed by atoms with Crippen LogP contribution >= 0.6 is 15.9 Å². The topological polar surface area (TPSA) is 69.6 Å². The van der Waals surface area contributed by atoms with Gasteiger partial charge in [-0.15, -0.1) is 15.0 Å². The maximum Gasteiger partial charge on any atom is 0.188 e. The SMILES string of the molecule is Cc1ccc(-n2nnc(CN)n2)cc1Br. The average Bonchev–Trinajstić information content (AvgIpc) is 2.70. The van der Waals surface area contributed by atoms with Crippen molar-refractivity contribution in [1.82, 2.24) is 20.2 Å². The molecule has 1 aromatic heterocycles. The van der Waals surface area contributed by atoms with Crippen molar-refractivity contribution in [1.29, 1.82) is 0 Å². The molecule has 15 heavy (non-hydrogen) atoms. The lowest BCUT2D eigenvalue weighted by Gasteiger charge is -2.01. The van der Waals surface area contributed by atoms with Crippen molar-refractivity contribution < 1.29 is 0 Å². The lowest BCUT2D eigenvalue weighted by molar-refractivity contribution is 0.717. The Morgan fingerprint density at radius 3 is 2.87 bits per heavy atom. The molecule has 0 atom stereocenters. The predicted octanol–water partition coefficient (Wildman–Crippen LogP) is 1.19. The normalized spacial score (nSPS) is 10.6. The van der Waals surface area contributed by atoms with Crippen molar-refractivity contribution in [3.8, 4) is 5.69 Å². The average molecular weight is 268 g/mol. The third-order valence-corrected chi connectivity index (χ3v) is 2.88. The van der Waals surface area contributed by atoms with Gasteiger partial charge in [0.25, 0.3) is 0 Å². The molecular formula is C9H10BrN5. The second kappa shape index (κ2) is 4.08. The molecule has 0 fully saturated rings. The standard InChI is InChI=1S/C9H10BrN5/c1-6-2-3-7(4-8(6)10)15-13-9(5-11)12-14-15/h2-4H,5,11H2,1H3. The van der Waals surface area contributed by atoms with Gasteiger partial charge in [-0.05, 0) is 29.8 Å². The molecule has 0 aliphatic rings. The van der Waals surface area contributed by atoms with Gasteiger partial charge in [-0.3, -0.25) is 0 Å². The fourth-order valence-electron chi connectivity index (χ4n) is 1.14. The molecule has 1 aromatic carbocycles. The van der Waals surface area contributed by atoms with Crippen molar-refractivity contribution in [3.63, 3.8) is 0 Å². The lowest BCUT2D eigenvalue weighted by Crippen LogP contribution is -2.02. The molecule has 1 heterocycles. The van der Waals surface area contributed by atoms with Gasteiger partial charge < -0.3 is 5.73 Å². The van der Waals surface area contributed by atoms with Crippen molar-refractivity contribution in [2.24, 2.45) is 5.73 Å². The largest absolute Gasteiger partial charge is 0.324 e. The number of hydrogen-bond acceptors (Lipinski definition) is 4. The molecule has 5 nitrogen and oxygen atoms in total. The monoisotopic (exact) mass is 267 g/mol. The van der Waals surface area contributed by atoms with Gasteiger partial charge in [-0.2, -0.15) is 0 Å². The van der Waals surface area contributed by atoms with E-state index in [1.807, 2.05) is 25.1 Å². The van der Waals surface area contributed by atoms with Crippen LogP contribution in [0, 0.1) is 6.92 Å². The van der Waals surface area contributed by atoms with Crippen LogP contribution in [0.3, 0.4) is 0 Å². The van der Waals surface area contributed by atoms with E-state index in [1.165, 1.54) is 4.80 Å². The molecule has 2 rings (SSSR count).